The fraction of sp³-hybridized carbons (Fsp3) is 0.375. The largest absolute Gasteiger partial charge is 0.381 e. The van der Waals surface area contributed by atoms with Gasteiger partial charge in [-0.2, -0.15) is 10.4 Å². The SMILES string of the molecule is CCn1cc(CNc2ccc(C(C)(C)C#N)cc2)cn1. The Kier molecular flexibility index (Phi) is 4.09. The quantitative estimate of drug-likeness (QED) is 0.905. The minimum atomic E-state index is -0.444. The molecule has 0 amide bonds. The molecule has 104 valence electrons. The van der Waals surface area contributed by atoms with Gasteiger partial charge in [0.05, 0.1) is 17.7 Å². The molecule has 0 bridgehead atoms. The first kappa shape index (κ1) is 14.1. The van der Waals surface area contributed by atoms with Crippen LogP contribution in [0, 0.1) is 11.3 Å². The van der Waals surface area contributed by atoms with Gasteiger partial charge in [-0.3, -0.25) is 4.68 Å². The topological polar surface area (TPSA) is 53.6 Å². The number of rotatable bonds is 5. The van der Waals surface area contributed by atoms with Crippen LogP contribution in [0.3, 0.4) is 0 Å². The molecular weight excluding hydrogens is 248 g/mol. The molecular formula is C16H20N4. The van der Waals surface area contributed by atoms with E-state index in [1.165, 1.54) is 0 Å². The number of nitrogens with zero attached hydrogens (tertiary/aromatic N) is 3. The van der Waals surface area contributed by atoms with E-state index in [4.69, 9.17) is 5.26 Å². The molecule has 2 rings (SSSR count). The lowest BCUT2D eigenvalue weighted by molar-refractivity contribution is 0.659. The van der Waals surface area contributed by atoms with Gasteiger partial charge >= 0.3 is 0 Å². The summed E-state index contributed by atoms with van der Waals surface area (Å²) >= 11 is 0. The van der Waals surface area contributed by atoms with Gasteiger partial charge in [-0.05, 0) is 38.5 Å². The first-order valence-electron chi connectivity index (χ1n) is 6.82. The molecule has 1 aromatic heterocycles. The van der Waals surface area contributed by atoms with Crippen LogP contribution in [0.2, 0.25) is 0 Å². The van der Waals surface area contributed by atoms with E-state index in [2.05, 4.69) is 23.4 Å². The van der Waals surface area contributed by atoms with E-state index in [0.29, 0.717) is 0 Å². The van der Waals surface area contributed by atoms with Crippen LogP contribution in [0.25, 0.3) is 0 Å². The molecule has 4 heteroatoms. The maximum atomic E-state index is 9.12. The summed E-state index contributed by atoms with van der Waals surface area (Å²) in [5, 5.41) is 16.7. The van der Waals surface area contributed by atoms with Crippen molar-refractivity contribution in [2.45, 2.75) is 39.3 Å². The van der Waals surface area contributed by atoms with E-state index in [-0.39, 0.29) is 0 Å². The van der Waals surface area contributed by atoms with Gasteiger partial charge in [-0.15, -0.1) is 0 Å². The summed E-state index contributed by atoms with van der Waals surface area (Å²) in [5.74, 6) is 0. The molecule has 0 aliphatic carbocycles. The molecule has 1 heterocycles. The van der Waals surface area contributed by atoms with Crippen LogP contribution in [0.1, 0.15) is 31.9 Å². The molecule has 1 aromatic carbocycles. The number of aryl methyl sites for hydroxylation is 1. The zero-order valence-corrected chi connectivity index (χ0v) is 12.2. The fourth-order valence-corrected chi connectivity index (χ4v) is 1.94. The molecule has 0 atom stereocenters. The third kappa shape index (κ3) is 3.18. The first-order chi connectivity index (χ1) is 9.55. The molecule has 0 radical (unpaired) electrons. The predicted molar refractivity (Wildman–Crippen MR) is 80.3 cm³/mol. The summed E-state index contributed by atoms with van der Waals surface area (Å²) in [7, 11) is 0. The predicted octanol–water partition coefficient (Wildman–Crippen LogP) is 3.32. The zero-order valence-electron chi connectivity index (χ0n) is 12.2. The maximum Gasteiger partial charge on any atom is 0.0766 e. The van der Waals surface area contributed by atoms with Crippen molar-refractivity contribution >= 4 is 5.69 Å². The fourth-order valence-electron chi connectivity index (χ4n) is 1.94. The molecule has 0 saturated carbocycles. The Hall–Kier alpha value is -2.28. The number of benzene rings is 1. The van der Waals surface area contributed by atoms with Crippen molar-refractivity contribution in [1.82, 2.24) is 9.78 Å². The molecule has 0 fully saturated rings. The zero-order chi connectivity index (χ0) is 14.6. The molecule has 20 heavy (non-hydrogen) atoms. The van der Waals surface area contributed by atoms with Crippen LogP contribution in [0.5, 0.6) is 0 Å². The number of nitrogens with one attached hydrogen (secondary N) is 1. The van der Waals surface area contributed by atoms with Crippen LogP contribution in [0.15, 0.2) is 36.7 Å². The number of hydrogen-bond acceptors (Lipinski definition) is 3. The Morgan fingerprint density at radius 3 is 2.55 bits per heavy atom. The second kappa shape index (κ2) is 5.79. The average Bonchev–Trinajstić information content (AvgIpc) is 2.93. The summed E-state index contributed by atoms with van der Waals surface area (Å²) in [6, 6.07) is 10.3. The van der Waals surface area contributed by atoms with Crippen molar-refractivity contribution in [3.63, 3.8) is 0 Å². The van der Waals surface area contributed by atoms with Gasteiger partial charge in [-0.25, -0.2) is 0 Å². The standard InChI is InChI=1S/C16H20N4/c1-4-20-11-13(10-19-20)9-18-15-7-5-14(6-8-15)16(2,3)12-17/h5-8,10-11,18H,4,9H2,1-3H3. The average molecular weight is 268 g/mol. The van der Waals surface area contributed by atoms with E-state index in [1.54, 1.807) is 0 Å². The van der Waals surface area contributed by atoms with Crippen LogP contribution in [-0.2, 0) is 18.5 Å². The molecule has 0 aliphatic rings. The van der Waals surface area contributed by atoms with E-state index < -0.39 is 5.41 Å². The highest BCUT2D eigenvalue weighted by Crippen LogP contribution is 2.23. The lowest BCUT2D eigenvalue weighted by Crippen LogP contribution is -2.13. The smallest absolute Gasteiger partial charge is 0.0766 e. The molecule has 2 aromatic rings. The Morgan fingerprint density at radius 2 is 2.00 bits per heavy atom. The van der Waals surface area contributed by atoms with Crippen molar-refractivity contribution in [3.05, 3.63) is 47.8 Å². The maximum absolute atomic E-state index is 9.12. The molecule has 4 nitrogen and oxygen atoms in total. The second-order valence-electron chi connectivity index (χ2n) is 5.37. The minimum absolute atomic E-state index is 0.444. The van der Waals surface area contributed by atoms with E-state index in [1.807, 2.05) is 55.2 Å². The van der Waals surface area contributed by atoms with E-state index in [0.717, 1.165) is 29.9 Å². The van der Waals surface area contributed by atoms with Gasteiger partial charge in [0.1, 0.15) is 0 Å². The summed E-state index contributed by atoms with van der Waals surface area (Å²) in [5.41, 5.74) is 2.80. The van der Waals surface area contributed by atoms with Crippen molar-refractivity contribution in [3.8, 4) is 6.07 Å². The van der Waals surface area contributed by atoms with Gasteiger partial charge in [0, 0.05) is 30.5 Å². The van der Waals surface area contributed by atoms with Gasteiger partial charge in [-0.1, -0.05) is 12.1 Å². The minimum Gasteiger partial charge on any atom is -0.381 e. The Bertz CT molecular complexity index is 602. The Labute approximate surface area is 120 Å². The number of hydrogen-bond donors (Lipinski definition) is 1. The lowest BCUT2D eigenvalue weighted by atomic mass is 9.86. The van der Waals surface area contributed by atoms with Crippen molar-refractivity contribution in [2.24, 2.45) is 0 Å². The van der Waals surface area contributed by atoms with Gasteiger partial charge < -0.3 is 5.32 Å². The van der Waals surface area contributed by atoms with Crippen molar-refractivity contribution < 1.29 is 0 Å². The third-order valence-corrected chi connectivity index (χ3v) is 3.39. The summed E-state index contributed by atoms with van der Waals surface area (Å²) in [4.78, 5) is 0. The van der Waals surface area contributed by atoms with E-state index in [9.17, 15) is 0 Å². The second-order valence-corrected chi connectivity index (χ2v) is 5.37. The van der Waals surface area contributed by atoms with Crippen molar-refractivity contribution in [2.75, 3.05) is 5.32 Å². The van der Waals surface area contributed by atoms with Gasteiger partial charge in [0.25, 0.3) is 0 Å². The highest BCUT2D eigenvalue weighted by atomic mass is 15.3. The van der Waals surface area contributed by atoms with Crippen LogP contribution in [-0.4, -0.2) is 9.78 Å². The number of anilines is 1. The highest BCUT2D eigenvalue weighted by Gasteiger charge is 2.18. The summed E-state index contributed by atoms with van der Waals surface area (Å²) < 4.78 is 1.91. The molecule has 0 unspecified atom stereocenters. The number of aromatic nitrogens is 2. The third-order valence-electron chi connectivity index (χ3n) is 3.39. The molecule has 1 N–H and O–H groups in total. The summed E-state index contributed by atoms with van der Waals surface area (Å²) in [6.45, 7) is 7.56. The van der Waals surface area contributed by atoms with Crippen molar-refractivity contribution in [1.29, 1.82) is 5.26 Å². The monoisotopic (exact) mass is 268 g/mol. The van der Waals surface area contributed by atoms with E-state index >= 15 is 0 Å². The number of nitriles is 1. The highest BCUT2D eigenvalue weighted by molar-refractivity contribution is 5.47. The lowest BCUT2D eigenvalue weighted by Gasteiger charge is -2.16. The molecule has 0 saturated heterocycles. The van der Waals surface area contributed by atoms with Crippen LogP contribution in [0.4, 0.5) is 5.69 Å². The normalized spacial score (nSPS) is 11.1. The summed E-state index contributed by atoms with van der Waals surface area (Å²) in [6.07, 6.45) is 3.92. The molecule has 0 aliphatic heterocycles. The van der Waals surface area contributed by atoms with Crippen LogP contribution >= 0.6 is 0 Å². The Balaban J connectivity index is 1.99. The van der Waals surface area contributed by atoms with Crippen LogP contribution < -0.4 is 5.32 Å². The Morgan fingerprint density at radius 1 is 1.30 bits per heavy atom. The van der Waals surface area contributed by atoms with Gasteiger partial charge in [0.15, 0.2) is 0 Å². The molecule has 0 spiro atoms. The van der Waals surface area contributed by atoms with Gasteiger partial charge in [0.2, 0.25) is 0 Å². The first-order valence-corrected chi connectivity index (χ1v) is 6.82.